The molecule has 0 heteroatoms. The van der Waals surface area contributed by atoms with Crippen LogP contribution in [0.2, 0.25) is 0 Å². The number of aryl methyl sites for hydroxylation is 2. The molecule has 0 fully saturated rings. The minimum absolute atomic E-state index is 1.19. The molecule has 2 rings (SSSR count). The Morgan fingerprint density at radius 2 is 1.62 bits per heavy atom. The molecule has 84 valence electrons. The van der Waals surface area contributed by atoms with E-state index in [-0.39, 0.29) is 0 Å². The van der Waals surface area contributed by atoms with Gasteiger partial charge in [0.1, 0.15) is 0 Å². The summed E-state index contributed by atoms with van der Waals surface area (Å²) in [7, 11) is 0. The first-order chi connectivity index (χ1) is 7.61. The summed E-state index contributed by atoms with van der Waals surface area (Å²) in [4.78, 5) is 0. The lowest BCUT2D eigenvalue weighted by molar-refractivity contribution is 0.966. The van der Waals surface area contributed by atoms with Gasteiger partial charge in [0.2, 0.25) is 0 Å². The Morgan fingerprint density at radius 3 is 2.31 bits per heavy atom. The zero-order valence-corrected chi connectivity index (χ0v) is 10.7. The van der Waals surface area contributed by atoms with E-state index in [1.54, 1.807) is 0 Å². The van der Waals surface area contributed by atoms with Gasteiger partial charge in [0.05, 0.1) is 0 Å². The SMILES string of the molecule is CC1=C(c2c(C)ccc(C)c2C)C=CCC1. The minimum Gasteiger partial charge on any atom is -0.0836 e. The lowest BCUT2D eigenvalue weighted by atomic mass is 9.87. The smallest absolute Gasteiger partial charge is 0.0123 e. The van der Waals surface area contributed by atoms with Gasteiger partial charge in [-0.15, -0.1) is 0 Å². The van der Waals surface area contributed by atoms with Gasteiger partial charge in [0.25, 0.3) is 0 Å². The molecule has 0 atom stereocenters. The van der Waals surface area contributed by atoms with E-state index in [1.807, 2.05) is 0 Å². The zero-order valence-electron chi connectivity index (χ0n) is 10.7. The minimum atomic E-state index is 1.19. The second kappa shape index (κ2) is 4.29. The molecule has 0 saturated heterocycles. The van der Waals surface area contributed by atoms with Crippen LogP contribution in [-0.4, -0.2) is 0 Å². The van der Waals surface area contributed by atoms with Gasteiger partial charge < -0.3 is 0 Å². The van der Waals surface area contributed by atoms with Gasteiger partial charge in [-0.2, -0.15) is 0 Å². The predicted molar refractivity (Wildman–Crippen MR) is 71.6 cm³/mol. The van der Waals surface area contributed by atoms with Gasteiger partial charge in [-0.25, -0.2) is 0 Å². The second-order valence-corrected chi connectivity index (χ2v) is 4.83. The summed E-state index contributed by atoms with van der Waals surface area (Å²) < 4.78 is 0. The third kappa shape index (κ3) is 1.84. The molecule has 0 bridgehead atoms. The third-order valence-electron chi connectivity index (χ3n) is 3.64. The Kier molecular flexibility index (Phi) is 3.00. The van der Waals surface area contributed by atoms with E-state index >= 15 is 0 Å². The van der Waals surface area contributed by atoms with Crippen LogP contribution >= 0.6 is 0 Å². The average molecular weight is 212 g/mol. The molecule has 1 aliphatic rings. The molecule has 0 heterocycles. The van der Waals surface area contributed by atoms with Crippen molar-refractivity contribution in [3.8, 4) is 0 Å². The Morgan fingerprint density at radius 1 is 0.938 bits per heavy atom. The van der Waals surface area contributed by atoms with Gasteiger partial charge >= 0.3 is 0 Å². The van der Waals surface area contributed by atoms with E-state index < -0.39 is 0 Å². The van der Waals surface area contributed by atoms with Crippen molar-refractivity contribution in [2.75, 3.05) is 0 Å². The Hall–Kier alpha value is -1.30. The number of hydrogen-bond acceptors (Lipinski definition) is 0. The first-order valence-corrected chi connectivity index (χ1v) is 6.04. The number of hydrogen-bond donors (Lipinski definition) is 0. The lowest BCUT2D eigenvalue weighted by Crippen LogP contribution is -1.99. The molecule has 0 unspecified atom stereocenters. The van der Waals surface area contributed by atoms with Crippen LogP contribution in [0.25, 0.3) is 5.57 Å². The molecule has 0 amide bonds. The second-order valence-electron chi connectivity index (χ2n) is 4.83. The standard InChI is InChI=1S/C16H20/c1-11-9-10-13(3)16(14(11)4)15-8-6-5-7-12(15)2/h6,8-10H,5,7H2,1-4H3. The summed E-state index contributed by atoms with van der Waals surface area (Å²) >= 11 is 0. The topological polar surface area (TPSA) is 0 Å². The number of allylic oxidation sites excluding steroid dienone is 4. The molecule has 1 aliphatic carbocycles. The quantitative estimate of drug-likeness (QED) is 0.631. The maximum atomic E-state index is 2.30. The summed E-state index contributed by atoms with van der Waals surface area (Å²) in [5, 5.41) is 0. The van der Waals surface area contributed by atoms with Crippen molar-refractivity contribution in [1.29, 1.82) is 0 Å². The first kappa shape index (κ1) is 11.2. The van der Waals surface area contributed by atoms with Crippen LogP contribution in [0.4, 0.5) is 0 Å². The number of benzene rings is 1. The van der Waals surface area contributed by atoms with Crippen LogP contribution in [0.1, 0.15) is 42.0 Å². The Labute approximate surface area is 98.7 Å². The molecule has 0 spiro atoms. The highest BCUT2D eigenvalue weighted by Crippen LogP contribution is 2.32. The van der Waals surface area contributed by atoms with Crippen LogP contribution in [0.3, 0.4) is 0 Å². The highest BCUT2D eigenvalue weighted by atomic mass is 14.2. The third-order valence-corrected chi connectivity index (χ3v) is 3.64. The summed E-state index contributed by atoms with van der Waals surface area (Å²) in [6.07, 6.45) is 7.00. The van der Waals surface area contributed by atoms with E-state index in [0.29, 0.717) is 0 Å². The van der Waals surface area contributed by atoms with Gasteiger partial charge in [-0.3, -0.25) is 0 Å². The molecule has 0 aromatic heterocycles. The van der Waals surface area contributed by atoms with E-state index in [1.165, 1.54) is 46.2 Å². The van der Waals surface area contributed by atoms with Crippen molar-refractivity contribution < 1.29 is 0 Å². The molecule has 0 saturated carbocycles. The largest absolute Gasteiger partial charge is 0.0836 e. The fourth-order valence-corrected chi connectivity index (χ4v) is 2.44. The van der Waals surface area contributed by atoms with Crippen molar-refractivity contribution in [3.05, 3.63) is 52.1 Å². The fraction of sp³-hybridized carbons (Fsp3) is 0.375. The van der Waals surface area contributed by atoms with Crippen molar-refractivity contribution in [2.45, 2.75) is 40.5 Å². The van der Waals surface area contributed by atoms with Gasteiger partial charge in [-0.05, 0) is 68.4 Å². The number of rotatable bonds is 1. The van der Waals surface area contributed by atoms with Gasteiger partial charge in [0.15, 0.2) is 0 Å². The summed E-state index contributed by atoms with van der Waals surface area (Å²) in [6, 6.07) is 4.46. The molecule has 16 heavy (non-hydrogen) atoms. The van der Waals surface area contributed by atoms with Crippen LogP contribution in [0.15, 0.2) is 29.9 Å². The first-order valence-electron chi connectivity index (χ1n) is 6.04. The molecule has 1 aromatic rings. The maximum absolute atomic E-state index is 2.30. The normalized spacial score (nSPS) is 15.8. The summed E-state index contributed by atoms with van der Waals surface area (Å²) in [5.74, 6) is 0. The van der Waals surface area contributed by atoms with Crippen LogP contribution in [0, 0.1) is 20.8 Å². The van der Waals surface area contributed by atoms with E-state index in [4.69, 9.17) is 0 Å². The molecule has 0 radical (unpaired) electrons. The fourth-order valence-electron chi connectivity index (χ4n) is 2.44. The molecule has 0 aliphatic heterocycles. The van der Waals surface area contributed by atoms with Crippen molar-refractivity contribution in [1.82, 2.24) is 0 Å². The summed E-state index contributed by atoms with van der Waals surface area (Å²) in [5.41, 5.74) is 8.64. The highest BCUT2D eigenvalue weighted by molar-refractivity contribution is 5.81. The highest BCUT2D eigenvalue weighted by Gasteiger charge is 2.12. The van der Waals surface area contributed by atoms with E-state index in [0.717, 1.165) is 0 Å². The molecule has 1 aromatic carbocycles. The van der Waals surface area contributed by atoms with Crippen LogP contribution < -0.4 is 0 Å². The van der Waals surface area contributed by atoms with Gasteiger partial charge in [0, 0.05) is 0 Å². The van der Waals surface area contributed by atoms with Crippen molar-refractivity contribution in [2.24, 2.45) is 0 Å². The zero-order chi connectivity index (χ0) is 11.7. The average Bonchev–Trinajstić information content (AvgIpc) is 2.27. The van der Waals surface area contributed by atoms with Crippen molar-refractivity contribution >= 4 is 5.57 Å². The predicted octanol–water partition coefficient (Wildman–Crippen LogP) is 4.74. The van der Waals surface area contributed by atoms with E-state index in [9.17, 15) is 0 Å². The monoisotopic (exact) mass is 212 g/mol. The Balaban J connectivity index is 2.64. The molecular weight excluding hydrogens is 192 g/mol. The maximum Gasteiger partial charge on any atom is -0.0123 e. The molecular formula is C16H20. The van der Waals surface area contributed by atoms with Crippen LogP contribution in [-0.2, 0) is 0 Å². The molecule has 0 N–H and O–H groups in total. The van der Waals surface area contributed by atoms with Gasteiger partial charge in [-0.1, -0.05) is 29.9 Å². The van der Waals surface area contributed by atoms with Crippen LogP contribution in [0.5, 0.6) is 0 Å². The molecule has 0 nitrogen and oxygen atoms in total. The van der Waals surface area contributed by atoms with E-state index in [2.05, 4.69) is 52.0 Å². The summed E-state index contributed by atoms with van der Waals surface area (Å²) in [6.45, 7) is 8.91. The Bertz CT molecular complexity index is 473. The lowest BCUT2D eigenvalue weighted by Gasteiger charge is -2.18. The van der Waals surface area contributed by atoms with Crippen molar-refractivity contribution in [3.63, 3.8) is 0 Å².